The van der Waals surface area contributed by atoms with Gasteiger partial charge in [-0.1, -0.05) is 29.3 Å². The molecule has 0 aliphatic carbocycles. The van der Waals surface area contributed by atoms with E-state index in [1.807, 2.05) is 0 Å². The van der Waals surface area contributed by atoms with E-state index >= 15 is 0 Å². The molecule has 1 aromatic carbocycles. The Balaban J connectivity index is 3.01. The monoisotopic (exact) mass is 305 g/mol. The first-order valence-electron chi connectivity index (χ1n) is 5.30. The Bertz CT molecular complexity index is 507. The maximum atomic E-state index is 12.0. The molecule has 1 rings (SSSR count). The number of carbonyl (C=O) groups excluding carboxylic acids is 1. The molecule has 1 atom stereocenters. The third kappa shape index (κ3) is 3.59. The van der Waals surface area contributed by atoms with E-state index in [0.29, 0.717) is 0 Å². The average molecular weight is 306 g/mol. The number of nitrogens with one attached hydrogen (secondary N) is 1. The van der Waals surface area contributed by atoms with Crippen molar-refractivity contribution in [1.29, 1.82) is 0 Å². The van der Waals surface area contributed by atoms with E-state index in [1.165, 1.54) is 26.2 Å². The van der Waals surface area contributed by atoms with Gasteiger partial charge in [-0.15, -0.1) is 0 Å². The third-order valence-electron chi connectivity index (χ3n) is 2.49. The van der Waals surface area contributed by atoms with Gasteiger partial charge in [0.2, 0.25) is 0 Å². The second-order valence-corrected chi connectivity index (χ2v) is 4.91. The van der Waals surface area contributed by atoms with Crippen LogP contribution in [0.4, 0.5) is 0 Å². The number of carboxylic acids is 1. The zero-order valence-corrected chi connectivity index (χ0v) is 11.9. The Labute approximate surface area is 120 Å². The molecule has 0 aliphatic rings. The summed E-state index contributed by atoms with van der Waals surface area (Å²) in [4.78, 5) is 23.2. The second-order valence-electron chi connectivity index (χ2n) is 4.13. The van der Waals surface area contributed by atoms with E-state index in [1.54, 1.807) is 6.07 Å². The van der Waals surface area contributed by atoms with Crippen LogP contribution in [0, 0.1) is 0 Å². The molecular weight excluding hydrogens is 293 g/mol. The molecule has 1 aromatic rings. The summed E-state index contributed by atoms with van der Waals surface area (Å²) in [6.07, 6.45) is 0. The minimum absolute atomic E-state index is 0.0758. The fraction of sp³-hybridized carbons (Fsp3) is 0.333. The molecular formula is C12H13Cl2NO4. The molecule has 7 heteroatoms. The van der Waals surface area contributed by atoms with Crippen molar-refractivity contribution in [2.24, 2.45) is 0 Å². The number of benzene rings is 1. The zero-order valence-electron chi connectivity index (χ0n) is 10.4. The van der Waals surface area contributed by atoms with Gasteiger partial charge in [-0.3, -0.25) is 4.79 Å². The molecule has 104 valence electrons. The van der Waals surface area contributed by atoms with Crippen molar-refractivity contribution in [3.63, 3.8) is 0 Å². The quantitative estimate of drug-likeness (QED) is 0.874. The molecule has 1 unspecified atom stereocenters. The summed E-state index contributed by atoms with van der Waals surface area (Å²) in [5.74, 6) is -1.84. The zero-order chi connectivity index (χ0) is 14.6. The molecule has 2 N–H and O–H groups in total. The Morgan fingerprint density at radius 1 is 1.42 bits per heavy atom. The van der Waals surface area contributed by atoms with Crippen molar-refractivity contribution in [1.82, 2.24) is 5.32 Å². The molecule has 0 fully saturated rings. The van der Waals surface area contributed by atoms with Crippen LogP contribution in [0.5, 0.6) is 0 Å². The topological polar surface area (TPSA) is 75.6 Å². The average Bonchev–Trinajstić information content (AvgIpc) is 2.32. The molecule has 0 aromatic heterocycles. The number of hydrogen-bond acceptors (Lipinski definition) is 3. The van der Waals surface area contributed by atoms with E-state index in [0.717, 1.165) is 0 Å². The van der Waals surface area contributed by atoms with Gasteiger partial charge in [0.15, 0.2) is 5.54 Å². The first-order chi connectivity index (χ1) is 8.81. The highest BCUT2D eigenvalue weighted by Gasteiger charge is 2.35. The molecule has 19 heavy (non-hydrogen) atoms. The predicted octanol–water partition coefficient (Wildman–Crippen LogP) is 2.21. The molecule has 0 bridgehead atoms. The minimum atomic E-state index is -1.54. The fourth-order valence-corrected chi connectivity index (χ4v) is 1.82. The summed E-state index contributed by atoms with van der Waals surface area (Å²) < 4.78 is 4.80. The Morgan fingerprint density at radius 3 is 2.58 bits per heavy atom. The number of hydrogen-bond donors (Lipinski definition) is 2. The van der Waals surface area contributed by atoms with Crippen LogP contribution in [0.15, 0.2) is 18.2 Å². The maximum absolute atomic E-state index is 12.0. The molecule has 1 amide bonds. The van der Waals surface area contributed by atoms with Crippen molar-refractivity contribution >= 4 is 35.1 Å². The first-order valence-corrected chi connectivity index (χ1v) is 6.06. The lowest BCUT2D eigenvalue weighted by molar-refractivity contribution is -0.145. The summed E-state index contributed by atoms with van der Waals surface area (Å²) in [6, 6.07) is 4.54. The van der Waals surface area contributed by atoms with Crippen LogP contribution in [0.3, 0.4) is 0 Å². The van der Waals surface area contributed by atoms with Crippen molar-refractivity contribution < 1.29 is 19.4 Å². The normalized spacial score (nSPS) is 13.7. The highest BCUT2D eigenvalue weighted by molar-refractivity contribution is 6.43. The molecule has 5 nitrogen and oxygen atoms in total. The summed E-state index contributed by atoms with van der Waals surface area (Å²) in [5.41, 5.74) is -1.44. The van der Waals surface area contributed by atoms with Gasteiger partial charge in [-0.25, -0.2) is 4.79 Å². The standard InChI is InChI=1S/C12H13Cl2NO4/c1-12(6-19-2,11(17)18)15-10(16)7-4-3-5-8(13)9(7)14/h3-5H,6H2,1-2H3,(H,15,16)(H,17,18). The van der Waals surface area contributed by atoms with Crippen molar-refractivity contribution in [3.05, 3.63) is 33.8 Å². The lowest BCUT2D eigenvalue weighted by atomic mass is 10.0. The van der Waals surface area contributed by atoms with E-state index in [-0.39, 0.29) is 22.2 Å². The molecule has 0 saturated carbocycles. The highest BCUT2D eigenvalue weighted by Crippen LogP contribution is 2.25. The third-order valence-corrected chi connectivity index (χ3v) is 3.31. The molecule has 0 aliphatic heterocycles. The number of carbonyl (C=O) groups is 2. The number of rotatable bonds is 5. The maximum Gasteiger partial charge on any atom is 0.331 e. The molecule has 0 radical (unpaired) electrons. The van der Waals surface area contributed by atoms with Gasteiger partial charge in [0.1, 0.15) is 0 Å². The summed E-state index contributed by atoms with van der Waals surface area (Å²) >= 11 is 11.7. The van der Waals surface area contributed by atoms with Crippen LogP contribution >= 0.6 is 23.2 Å². The lowest BCUT2D eigenvalue weighted by Gasteiger charge is -2.25. The van der Waals surface area contributed by atoms with Crippen LogP contribution in [0.2, 0.25) is 10.0 Å². The highest BCUT2D eigenvalue weighted by atomic mass is 35.5. The van der Waals surface area contributed by atoms with Crippen LogP contribution in [0.1, 0.15) is 17.3 Å². The van der Waals surface area contributed by atoms with Gasteiger partial charge < -0.3 is 15.2 Å². The van der Waals surface area contributed by atoms with E-state index in [2.05, 4.69) is 5.32 Å². The number of amides is 1. The van der Waals surface area contributed by atoms with E-state index in [9.17, 15) is 9.59 Å². The molecule has 0 saturated heterocycles. The van der Waals surface area contributed by atoms with Crippen molar-refractivity contribution in [2.75, 3.05) is 13.7 Å². The first kappa shape index (κ1) is 15.8. The summed E-state index contributed by atoms with van der Waals surface area (Å²) in [5, 5.41) is 11.8. The number of halogens is 2. The van der Waals surface area contributed by atoms with Gasteiger partial charge in [0, 0.05) is 7.11 Å². The molecule has 0 spiro atoms. The Morgan fingerprint density at radius 2 is 2.05 bits per heavy atom. The lowest BCUT2D eigenvalue weighted by Crippen LogP contribution is -2.55. The second kappa shape index (κ2) is 6.23. The minimum Gasteiger partial charge on any atom is -0.479 e. The summed E-state index contributed by atoms with van der Waals surface area (Å²) in [6.45, 7) is 1.17. The van der Waals surface area contributed by atoms with Crippen molar-refractivity contribution in [2.45, 2.75) is 12.5 Å². The summed E-state index contributed by atoms with van der Waals surface area (Å²) in [7, 11) is 1.35. The number of carboxylic acid groups (broad SMARTS) is 1. The van der Waals surface area contributed by atoms with Gasteiger partial charge in [0.05, 0.1) is 22.2 Å². The van der Waals surface area contributed by atoms with E-state index < -0.39 is 17.4 Å². The van der Waals surface area contributed by atoms with Crippen LogP contribution in [-0.2, 0) is 9.53 Å². The Hall–Kier alpha value is -1.30. The van der Waals surface area contributed by atoms with Crippen LogP contribution < -0.4 is 5.32 Å². The van der Waals surface area contributed by atoms with E-state index in [4.69, 9.17) is 33.0 Å². The van der Waals surface area contributed by atoms with Crippen LogP contribution in [0.25, 0.3) is 0 Å². The number of methoxy groups -OCH3 is 1. The Kier molecular flexibility index (Phi) is 5.17. The van der Waals surface area contributed by atoms with Gasteiger partial charge in [-0.05, 0) is 19.1 Å². The predicted molar refractivity (Wildman–Crippen MR) is 71.8 cm³/mol. The van der Waals surface area contributed by atoms with Gasteiger partial charge >= 0.3 is 5.97 Å². The SMILES string of the molecule is COCC(C)(NC(=O)c1cccc(Cl)c1Cl)C(=O)O. The largest absolute Gasteiger partial charge is 0.479 e. The fourth-order valence-electron chi connectivity index (χ4n) is 1.44. The van der Waals surface area contributed by atoms with Crippen LogP contribution in [-0.4, -0.2) is 36.2 Å². The molecule has 0 heterocycles. The van der Waals surface area contributed by atoms with Gasteiger partial charge in [-0.2, -0.15) is 0 Å². The van der Waals surface area contributed by atoms with Gasteiger partial charge in [0.25, 0.3) is 5.91 Å². The smallest absolute Gasteiger partial charge is 0.331 e. The van der Waals surface area contributed by atoms with Crippen molar-refractivity contribution in [3.8, 4) is 0 Å². The number of ether oxygens (including phenoxy) is 1. The number of aliphatic carboxylic acids is 1.